The number of carbonyl (C=O) groups is 1. The van der Waals surface area contributed by atoms with Crippen molar-refractivity contribution in [2.24, 2.45) is 0 Å². The van der Waals surface area contributed by atoms with Crippen LogP contribution in [0.1, 0.15) is 10.4 Å². The van der Waals surface area contributed by atoms with Gasteiger partial charge in [0.2, 0.25) is 0 Å². The van der Waals surface area contributed by atoms with Crippen molar-refractivity contribution >= 4 is 32.9 Å². The molecule has 0 aliphatic carbocycles. The number of rotatable bonds is 2. The highest BCUT2D eigenvalue weighted by atomic mass is 79.9. The van der Waals surface area contributed by atoms with Crippen molar-refractivity contribution in [1.29, 1.82) is 0 Å². The summed E-state index contributed by atoms with van der Waals surface area (Å²) in [6, 6.07) is 12.0. The van der Waals surface area contributed by atoms with E-state index >= 15 is 0 Å². The number of aromatic carboxylic acids is 1. The van der Waals surface area contributed by atoms with Gasteiger partial charge in [-0.2, -0.15) is 0 Å². The molecule has 1 aromatic heterocycles. The van der Waals surface area contributed by atoms with Gasteiger partial charge in [-0.15, -0.1) is 0 Å². The normalized spacial score (nSPS) is 10.8. The largest absolute Gasteiger partial charge is 0.478 e. The van der Waals surface area contributed by atoms with Gasteiger partial charge in [0, 0.05) is 4.47 Å². The van der Waals surface area contributed by atoms with Gasteiger partial charge < -0.3 is 10.1 Å². The van der Waals surface area contributed by atoms with Crippen LogP contribution in [0.5, 0.6) is 0 Å². The number of hydrogen-bond donors (Lipinski definition) is 2. The third-order valence-corrected chi connectivity index (χ3v) is 3.71. The molecule has 3 aromatic rings. The number of aromatic amines is 1. The van der Waals surface area contributed by atoms with E-state index in [2.05, 4.69) is 20.9 Å². The number of halogens is 1. The summed E-state index contributed by atoms with van der Waals surface area (Å²) in [6.07, 6.45) is 0. The molecule has 0 spiro atoms. The Morgan fingerprint density at radius 2 is 1.90 bits per heavy atom. The monoisotopic (exact) mass is 332 g/mol. The van der Waals surface area contributed by atoms with Crippen molar-refractivity contribution in [3.8, 4) is 5.69 Å². The van der Waals surface area contributed by atoms with Crippen molar-refractivity contribution < 1.29 is 9.90 Å². The Hall–Kier alpha value is -2.34. The van der Waals surface area contributed by atoms with E-state index in [0.717, 1.165) is 4.47 Å². The Morgan fingerprint density at radius 3 is 2.60 bits per heavy atom. The molecular formula is C14H9BrN2O3. The molecule has 0 bridgehead atoms. The Kier molecular flexibility index (Phi) is 2.94. The highest BCUT2D eigenvalue weighted by molar-refractivity contribution is 9.10. The number of para-hydroxylation sites is 2. The van der Waals surface area contributed by atoms with Gasteiger partial charge in [0.25, 0.3) is 0 Å². The third-order valence-electron chi connectivity index (χ3n) is 3.04. The zero-order valence-electron chi connectivity index (χ0n) is 10.1. The molecule has 100 valence electrons. The number of H-pyrrole nitrogens is 1. The summed E-state index contributed by atoms with van der Waals surface area (Å²) in [7, 11) is 0. The molecule has 3 rings (SSSR count). The number of fused-ring (bicyclic) bond motifs is 1. The fourth-order valence-electron chi connectivity index (χ4n) is 2.18. The fourth-order valence-corrected chi connectivity index (χ4v) is 2.64. The lowest BCUT2D eigenvalue weighted by Crippen LogP contribution is -2.14. The van der Waals surface area contributed by atoms with Gasteiger partial charge in [0.05, 0.1) is 22.3 Å². The fraction of sp³-hybridized carbons (Fsp3) is 0. The summed E-state index contributed by atoms with van der Waals surface area (Å²) in [4.78, 5) is 26.0. The van der Waals surface area contributed by atoms with E-state index in [-0.39, 0.29) is 11.3 Å². The highest BCUT2D eigenvalue weighted by Crippen LogP contribution is 2.24. The number of benzene rings is 2. The molecule has 2 aromatic carbocycles. The van der Waals surface area contributed by atoms with Gasteiger partial charge in [-0.05, 0) is 40.2 Å². The molecule has 0 radical (unpaired) electrons. The minimum Gasteiger partial charge on any atom is -0.478 e. The van der Waals surface area contributed by atoms with Gasteiger partial charge in [-0.25, -0.2) is 9.59 Å². The molecule has 2 N–H and O–H groups in total. The lowest BCUT2D eigenvalue weighted by molar-refractivity contribution is 0.0699. The number of nitrogens with zero attached hydrogens (tertiary/aromatic N) is 1. The summed E-state index contributed by atoms with van der Waals surface area (Å²) < 4.78 is 2.20. The van der Waals surface area contributed by atoms with Crippen molar-refractivity contribution in [2.45, 2.75) is 0 Å². The number of hydrogen-bond acceptors (Lipinski definition) is 2. The lowest BCUT2D eigenvalue weighted by atomic mass is 10.2. The second-order valence-electron chi connectivity index (χ2n) is 4.22. The van der Waals surface area contributed by atoms with Crippen LogP contribution in [0.3, 0.4) is 0 Å². The molecule has 0 aliphatic heterocycles. The number of carboxylic acids is 1. The smallest absolute Gasteiger partial charge is 0.337 e. The number of nitrogens with one attached hydrogen (secondary N) is 1. The van der Waals surface area contributed by atoms with E-state index in [1.54, 1.807) is 18.2 Å². The van der Waals surface area contributed by atoms with Gasteiger partial charge in [-0.3, -0.25) is 4.57 Å². The number of aromatic nitrogens is 2. The summed E-state index contributed by atoms with van der Waals surface area (Å²) in [5.41, 5.74) is 1.21. The molecule has 5 nitrogen and oxygen atoms in total. The van der Waals surface area contributed by atoms with E-state index in [0.29, 0.717) is 16.7 Å². The molecule has 0 fully saturated rings. The quantitative estimate of drug-likeness (QED) is 0.757. The molecule has 0 atom stereocenters. The van der Waals surface area contributed by atoms with E-state index < -0.39 is 5.97 Å². The molecule has 0 unspecified atom stereocenters. The van der Waals surface area contributed by atoms with Crippen LogP contribution in [0.2, 0.25) is 0 Å². The standard InChI is InChI=1S/C14H9BrN2O3/c15-9-5-1-2-6-10(9)17-11-7-3-4-8(13(18)19)12(11)16-14(17)20/h1-7H,(H,16,20)(H,18,19). The topological polar surface area (TPSA) is 75.1 Å². The van der Waals surface area contributed by atoms with E-state index in [1.807, 2.05) is 18.2 Å². The van der Waals surface area contributed by atoms with Crippen molar-refractivity contribution in [2.75, 3.05) is 0 Å². The first kappa shape index (κ1) is 12.7. The van der Waals surface area contributed by atoms with Gasteiger partial charge >= 0.3 is 11.7 Å². The van der Waals surface area contributed by atoms with Gasteiger partial charge in [-0.1, -0.05) is 18.2 Å². The summed E-state index contributed by atoms with van der Waals surface area (Å²) in [5.74, 6) is -1.07. The van der Waals surface area contributed by atoms with Crippen LogP contribution in [0.15, 0.2) is 51.7 Å². The molecule has 0 amide bonds. The van der Waals surface area contributed by atoms with Crippen LogP contribution < -0.4 is 5.69 Å². The van der Waals surface area contributed by atoms with Gasteiger partial charge in [0.15, 0.2) is 0 Å². The first-order chi connectivity index (χ1) is 9.59. The molecule has 20 heavy (non-hydrogen) atoms. The molecule has 1 heterocycles. The van der Waals surface area contributed by atoms with Crippen LogP contribution in [0, 0.1) is 0 Å². The average molecular weight is 333 g/mol. The minimum absolute atomic E-state index is 0.0744. The zero-order chi connectivity index (χ0) is 14.3. The number of imidazole rings is 1. The van der Waals surface area contributed by atoms with Crippen LogP contribution in [-0.4, -0.2) is 20.6 Å². The maximum atomic E-state index is 12.2. The minimum atomic E-state index is -1.07. The van der Waals surface area contributed by atoms with Crippen LogP contribution in [-0.2, 0) is 0 Å². The average Bonchev–Trinajstić information content (AvgIpc) is 2.75. The SMILES string of the molecule is O=C(O)c1cccc2c1[nH]c(=O)n2-c1ccccc1Br. The molecular weight excluding hydrogens is 324 g/mol. The third kappa shape index (κ3) is 1.85. The van der Waals surface area contributed by atoms with Crippen LogP contribution >= 0.6 is 15.9 Å². The Balaban J connectivity index is 2.42. The van der Waals surface area contributed by atoms with Crippen molar-refractivity contribution in [3.05, 3.63) is 63.0 Å². The maximum absolute atomic E-state index is 12.2. The Labute approximate surface area is 121 Å². The summed E-state index contributed by atoms with van der Waals surface area (Å²) in [6.45, 7) is 0. The maximum Gasteiger partial charge on any atom is 0.337 e. The summed E-state index contributed by atoms with van der Waals surface area (Å²) in [5, 5.41) is 9.17. The van der Waals surface area contributed by atoms with Crippen molar-refractivity contribution in [1.82, 2.24) is 9.55 Å². The van der Waals surface area contributed by atoms with E-state index in [9.17, 15) is 9.59 Å². The Bertz CT molecular complexity index is 880. The predicted molar refractivity (Wildman–Crippen MR) is 78.6 cm³/mol. The Morgan fingerprint density at radius 1 is 1.15 bits per heavy atom. The second-order valence-corrected chi connectivity index (χ2v) is 5.08. The van der Waals surface area contributed by atoms with Crippen LogP contribution in [0.4, 0.5) is 0 Å². The van der Waals surface area contributed by atoms with E-state index in [1.165, 1.54) is 10.6 Å². The summed E-state index contributed by atoms with van der Waals surface area (Å²) >= 11 is 3.40. The first-order valence-electron chi connectivity index (χ1n) is 5.81. The van der Waals surface area contributed by atoms with E-state index in [4.69, 9.17) is 5.11 Å². The lowest BCUT2D eigenvalue weighted by Gasteiger charge is -2.06. The van der Waals surface area contributed by atoms with Crippen molar-refractivity contribution in [3.63, 3.8) is 0 Å². The van der Waals surface area contributed by atoms with Crippen LogP contribution in [0.25, 0.3) is 16.7 Å². The zero-order valence-corrected chi connectivity index (χ0v) is 11.7. The highest BCUT2D eigenvalue weighted by Gasteiger charge is 2.16. The van der Waals surface area contributed by atoms with Gasteiger partial charge in [0.1, 0.15) is 0 Å². The molecule has 0 aliphatic rings. The first-order valence-corrected chi connectivity index (χ1v) is 6.61. The molecule has 0 saturated heterocycles. The molecule has 6 heteroatoms. The molecule has 0 saturated carbocycles. The second kappa shape index (κ2) is 4.64. The number of carboxylic acid groups (broad SMARTS) is 1. The predicted octanol–water partition coefficient (Wildman–Crippen LogP) is 2.78.